The van der Waals surface area contributed by atoms with E-state index in [0.717, 1.165) is 23.1 Å². The minimum absolute atomic E-state index is 0.0476. The Hall–Kier alpha value is -3.44. The van der Waals surface area contributed by atoms with E-state index in [9.17, 15) is 20.6 Å². The molecule has 0 fully saturated rings. The predicted octanol–water partition coefficient (Wildman–Crippen LogP) is 4.11. The van der Waals surface area contributed by atoms with Crippen LogP contribution in [0.15, 0.2) is 60.2 Å². The van der Waals surface area contributed by atoms with E-state index in [0.29, 0.717) is 12.0 Å². The van der Waals surface area contributed by atoms with Crippen molar-refractivity contribution in [2.75, 3.05) is 6.54 Å². The summed E-state index contributed by atoms with van der Waals surface area (Å²) in [6, 6.07) is 21.0. The van der Waals surface area contributed by atoms with Crippen LogP contribution < -0.4 is 0 Å². The van der Waals surface area contributed by atoms with Gasteiger partial charge >= 0.3 is 0 Å². The zero-order valence-corrected chi connectivity index (χ0v) is 14.1. The van der Waals surface area contributed by atoms with Crippen molar-refractivity contribution in [3.05, 3.63) is 87.0 Å². The topological polar surface area (TPSA) is 90.7 Å². The lowest BCUT2D eigenvalue weighted by molar-refractivity contribution is -0.484. The molecule has 2 atom stereocenters. The molecule has 3 rings (SSSR count). The van der Waals surface area contributed by atoms with Crippen molar-refractivity contribution >= 4 is 5.57 Å². The molecular weight excluding hydrogens is 326 g/mol. The Bertz CT molecular complexity index is 920. The van der Waals surface area contributed by atoms with Crippen LogP contribution in [0.1, 0.15) is 29.0 Å². The smallest absolute Gasteiger partial charge is 0.211 e. The number of nitro groups is 1. The molecule has 128 valence electrons. The maximum atomic E-state index is 11.3. The lowest BCUT2D eigenvalue weighted by atomic mass is 9.70. The molecule has 0 saturated heterocycles. The summed E-state index contributed by atoms with van der Waals surface area (Å²) in [5, 5.41) is 30.3. The highest BCUT2D eigenvalue weighted by molar-refractivity contribution is 5.80. The predicted molar refractivity (Wildman–Crippen MR) is 97.4 cm³/mol. The molecule has 0 spiro atoms. The van der Waals surface area contributed by atoms with Gasteiger partial charge in [-0.05, 0) is 41.0 Å². The SMILES string of the molecule is N#CC(C#N)=C1c2ccccc2CCC1C(C[N+](=O)[O-])c1ccccc1. The van der Waals surface area contributed by atoms with E-state index in [-0.39, 0.29) is 28.9 Å². The highest BCUT2D eigenvalue weighted by Crippen LogP contribution is 2.44. The average Bonchev–Trinajstić information content (AvgIpc) is 2.68. The van der Waals surface area contributed by atoms with Gasteiger partial charge in [-0.15, -0.1) is 0 Å². The minimum atomic E-state index is -0.383. The molecule has 0 aromatic heterocycles. The van der Waals surface area contributed by atoms with Gasteiger partial charge in [0.05, 0.1) is 5.92 Å². The molecule has 0 radical (unpaired) electrons. The maximum absolute atomic E-state index is 11.3. The first-order chi connectivity index (χ1) is 12.7. The first kappa shape index (κ1) is 17.4. The zero-order chi connectivity index (χ0) is 18.5. The summed E-state index contributed by atoms with van der Waals surface area (Å²) in [5.74, 6) is -0.627. The molecule has 0 N–H and O–H groups in total. The quantitative estimate of drug-likeness (QED) is 0.474. The number of rotatable bonds is 4. The van der Waals surface area contributed by atoms with Crippen molar-refractivity contribution in [1.29, 1.82) is 10.5 Å². The summed E-state index contributed by atoms with van der Waals surface area (Å²) in [5.41, 5.74) is 3.50. The number of hydrogen-bond acceptors (Lipinski definition) is 4. The van der Waals surface area contributed by atoms with Gasteiger partial charge in [0.15, 0.2) is 0 Å². The Labute approximate surface area is 152 Å². The normalized spacial score (nSPS) is 16.7. The van der Waals surface area contributed by atoms with Gasteiger partial charge in [0.2, 0.25) is 6.54 Å². The third-order valence-electron chi connectivity index (χ3n) is 4.96. The lowest BCUT2D eigenvalue weighted by Crippen LogP contribution is -2.26. The fourth-order valence-electron chi connectivity index (χ4n) is 3.85. The van der Waals surface area contributed by atoms with Crippen molar-refractivity contribution in [2.45, 2.75) is 18.8 Å². The second-order valence-electron chi connectivity index (χ2n) is 6.35. The standard InChI is InChI=1S/C21H17N3O2/c22-12-17(13-23)21-18-9-5-4-8-16(18)10-11-19(21)20(14-24(25)26)15-6-2-1-3-7-15/h1-9,19-20H,10-11,14H2. The average molecular weight is 343 g/mol. The lowest BCUT2D eigenvalue weighted by Gasteiger charge is -2.32. The van der Waals surface area contributed by atoms with Gasteiger partial charge in [0.1, 0.15) is 17.7 Å². The molecule has 2 unspecified atom stereocenters. The second kappa shape index (κ2) is 7.63. The summed E-state index contributed by atoms with van der Waals surface area (Å²) >= 11 is 0. The van der Waals surface area contributed by atoms with E-state index in [2.05, 4.69) is 0 Å². The largest absolute Gasteiger partial charge is 0.265 e. The van der Waals surface area contributed by atoms with Crippen molar-refractivity contribution in [3.63, 3.8) is 0 Å². The van der Waals surface area contributed by atoms with Crippen LogP contribution in [0.5, 0.6) is 0 Å². The highest BCUT2D eigenvalue weighted by Gasteiger charge is 2.36. The highest BCUT2D eigenvalue weighted by atomic mass is 16.6. The molecule has 2 aromatic carbocycles. The van der Waals surface area contributed by atoms with Gasteiger partial charge in [0.25, 0.3) is 0 Å². The van der Waals surface area contributed by atoms with Crippen LogP contribution >= 0.6 is 0 Å². The van der Waals surface area contributed by atoms with Crippen LogP contribution in [-0.4, -0.2) is 11.5 Å². The Morgan fingerprint density at radius 3 is 2.42 bits per heavy atom. The molecule has 2 aromatic rings. The summed E-state index contributed by atoms with van der Waals surface area (Å²) in [6.07, 6.45) is 1.45. The molecule has 0 heterocycles. The number of fused-ring (bicyclic) bond motifs is 1. The van der Waals surface area contributed by atoms with Gasteiger partial charge in [-0.3, -0.25) is 10.1 Å². The summed E-state index contributed by atoms with van der Waals surface area (Å²) < 4.78 is 0. The van der Waals surface area contributed by atoms with E-state index in [4.69, 9.17) is 0 Å². The summed E-state index contributed by atoms with van der Waals surface area (Å²) in [4.78, 5) is 11.0. The van der Waals surface area contributed by atoms with Crippen LogP contribution in [0.2, 0.25) is 0 Å². The molecule has 0 bridgehead atoms. The fraction of sp³-hybridized carbons (Fsp3) is 0.238. The first-order valence-corrected chi connectivity index (χ1v) is 8.45. The van der Waals surface area contributed by atoms with Crippen LogP contribution in [0.3, 0.4) is 0 Å². The maximum Gasteiger partial charge on any atom is 0.211 e. The Morgan fingerprint density at radius 1 is 1.12 bits per heavy atom. The molecular formula is C21H17N3O2. The molecule has 1 aliphatic carbocycles. The van der Waals surface area contributed by atoms with E-state index in [1.807, 2.05) is 66.7 Å². The number of hydrogen-bond donors (Lipinski definition) is 0. The third-order valence-corrected chi connectivity index (χ3v) is 4.96. The van der Waals surface area contributed by atoms with Crippen LogP contribution in [0.25, 0.3) is 5.57 Å². The van der Waals surface area contributed by atoms with Crippen molar-refractivity contribution in [3.8, 4) is 12.1 Å². The van der Waals surface area contributed by atoms with Crippen molar-refractivity contribution in [1.82, 2.24) is 0 Å². The monoisotopic (exact) mass is 343 g/mol. The van der Waals surface area contributed by atoms with E-state index in [1.165, 1.54) is 0 Å². The molecule has 1 aliphatic rings. The zero-order valence-electron chi connectivity index (χ0n) is 14.1. The van der Waals surface area contributed by atoms with Crippen molar-refractivity contribution < 1.29 is 4.92 Å². The van der Waals surface area contributed by atoms with Crippen LogP contribution in [-0.2, 0) is 6.42 Å². The molecule has 0 aliphatic heterocycles. The number of aryl methyl sites for hydroxylation is 1. The van der Waals surface area contributed by atoms with Gasteiger partial charge in [-0.1, -0.05) is 54.6 Å². The summed E-state index contributed by atoms with van der Waals surface area (Å²) in [7, 11) is 0. The van der Waals surface area contributed by atoms with Gasteiger partial charge in [0, 0.05) is 4.92 Å². The number of allylic oxidation sites excluding steroid dienone is 2. The van der Waals surface area contributed by atoms with Gasteiger partial charge in [-0.2, -0.15) is 10.5 Å². The van der Waals surface area contributed by atoms with Crippen LogP contribution in [0.4, 0.5) is 0 Å². The molecule has 5 heteroatoms. The molecule has 0 saturated carbocycles. The molecule has 26 heavy (non-hydrogen) atoms. The van der Waals surface area contributed by atoms with E-state index < -0.39 is 0 Å². The van der Waals surface area contributed by atoms with E-state index >= 15 is 0 Å². The molecule has 5 nitrogen and oxygen atoms in total. The number of benzene rings is 2. The Balaban J connectivity index is 2.18. The molecule has 0 amide bonds. The van der Waals surface area contributed by atoms with E-state index in [1.54, 1.807) is 0 Å². The summed E-state index contributed by atoms with van der Waals surface area (Å²) in [6.45, 7) is -0.232. The number of nitrogens with zero attached hydrogens (tertiary/aromatic N) is 3. The Morgan fingerprint density at radius 2 is 1.77 bits per heavy atom. The Kier molecular flexibility index (Phi) is 5.10. The number of nitriles is 2. The van der Waals surface area contributed by atoms with Gasteiger partial charge < -0.3 is 0 Å². The fourth-order valence-corrected chi connectivity index (χ4v) is 3.85. The van der Waals surface area contributed by atoms with Gasteiger partial charge in [-0.25, -0.2) is 0 Å². The third kappa shape index (κ3) is 3.34. The minimum Gasteiger partial charge on any atom is -0.265 e. The first-order valence-electron chi connectivity index (χ1n) is 8.45. The van der Waals surface area contributed by atoms with Crippen molar-refractivity contribution in [2.24, 2.45) is 5.92 Å². The second-order valence-corrected chi connectivity index (χ2v) is 6.35. The van der Waals surface area contributed by atoms with Crippen LogP contribution in [0, 0.1) is 38.7 Å².